The highest BCUT2D eigenvalue weighted by atomic mass is 31.2. The van der Waals surface area contributed by atoms with Crippen LogP contribution in [0, 0.1) is 6.92 Å². The summed E-state index contributed by atoms with van der Waals surface area (Å²) >= 11 is 0. The number of anilines is 1. The highest BCUT2D eigenvalue weighted by Crippen LogP contribution is 2.58. The van der Waals surface area contributed by atoms with E-state index in [2.05, 4.69) is 165 Å². The van der Waals surface area contributed by atoms with Crippen LogP contribution in [0.5, 0.6) is 0 Å². The summed E-state index contributed by atoms with van der Waals surface area (Å²) in [6.45, 7) is 4.52. The minimum Gasteiger partial charge on any atom is -0.378 e. The number of hydrogen-bond acceptors (Lipinski definition) is 2. The SMILES string of the molecule is Cc1ccc([C@H](Nc2ccccc2)[C@@H](C)P(=Nc2ccccc2)(c2ccccc2)c2ccccc2)cc1. The molecule has 0 amide bonds. The summed E-state index contributed by atoms with van der Waals surface area (Å²) in [6.07, 6.45) is 0. The molecular formula is C34H33N2P. The summed E-state index contributed by atoms with van der Waals surface area (Å²) in [5.41, 5.74) is 4.80. The Hall–Kier alpha value is -3.87. The Balaban J connectivity index is 1.79. The molecule has 0 aromatic heterocycles. The van der Waals surface area contributed by atoms with E-state index >= 15 is 0 Å². The first-order valence-electron chi connectivity index (χ1n) is 12.8. The Morgan fingerprint density at radius 2 is 1.03 bits per heavy atom. The lowest BCUT2D eigenvalue weighted by molar-refractivity contribution is 0.757. The van der Waals surface area contributed by atoms with Crippen molar-refractivity contribution in [3.05, 3.63) is 157 Å². The highest BCUT2D eigenvalue weighted by Gasteiger charge is 2.37. The van der Waals surface area contributed by atoms with E-state index in [0.29, 0.717) is 0 Å². The minimum absolute atomic E-state index is 0.0456. The molecule has 5 aromatic rings. The molecule has 0 spiro atoms. The lowest BCUT2D eigenvalue weighted by Crippen LogP contribution is -2.32. The summed E-state index contributed by atoms with van der Waals surface area (Å²) in [7, 11) is -2.32. The third-order valence-electron chi connectivity index (χ3n) is 6.93. The molecule has 0 aliphatic carbocycles. The number of nitrogens with zero attached hydrogens (tertiary/aromatic N) is 1. The molecule has 37 heavy (non-hydrogen) atoms. The predicted octanol–water partition coefficient (Wildman–Crippen LogP) is 8.72. The number of hydrogen-bond donors (Lipinski definition) is 1. The fraction of sp³-hybridized carbons (Fsp3) is 0.118. The van der Waals surface area contributed by atoms with Gasteiger partial charge in [0, 0.05) is 18.4 Å². The Labute approximate surface area is 221 Å². The molecule has 5 aromatic carbocycles. The zero-order valence-electron chi connectivity index (χ0n) is 21.4. The van der Waals surface area contributed by atoms with Gasteiger partial charge in [0.15, 0.2) is 0 Å². The molecule has 1 N–H and O–H groups in total. The van der Waals surface area contributed by atoms with E-state index < -0.39 is 7.05 Å². The molecule has 0 aliphatic rings. The van der Waals surface area contributed by atoms with Crippen LogP contribution in [0.3, 0.4) is 0 Å². The number of benzene rings is 5. The Morgan fingerprint density at radius 1 is 0.568 bits per heavy atom. The Morgan fingerprint density at radius 3 is 1.54 bits per heavy atom. The standard InChI is InChI=1S/C34H33N2P/c1-27-23-25-29(26-24-27)34(35-30-15-7-3-8-16-30)28(2)37(32-19-11-5-12-20-32,33-21-13-6-14-22-33)36-31-17-9-4-10-18-31/h3-26,28,34-35H,1-2H3/t28-,34-/m1/s1. The van der Waals surface area contributed by atoms with Crippen molar-refractivity contribution in [2.24, 2.45) is 4.74 Å². The van der Waals surface area contributed by atoms with Gasteiger partial charge in [-0.1, -0.05) is 134 Å². The lowest BCUT2D eigenvalue weighted by atomic mass is 10.0. The van der Waals surface area contributed by atoms with Gasteiger partial charge in [-0.3, -0.25) is 4.74 Å². The second-order valence-electron chi connectivity index (χ2n) is 9.43. The van der Waals surface area contributed by atoms with E-state index in [1.165, 1.54) is 21.7 Å². The van der Waals surface area contributed by atoms with Crippen molar-refractivity contribution in [2.75, 3.05) is 5.32 Å². The Bertz CT molecular complexity index is 1410. The van der Waals surface area contributed by atoms with Gasteiger partial charge in [0.2, 0.25) is 0 Å². The third-order valence-corrected chi connectivity index (χ3v) is 11.1. The zero-order chi connectivity index (χ0) is 25.5. The molecule has 2 nitrogen and oxygen atoms in total. The molecule has 0 saturated carbocycles. The average Bonchev–Trinajstić information content (AvgIpc) is 2.97. The van der Waals surface area contributed by atoms with Crippen LogP contribution in [0.25, 0.3) is 0 Å². The van der Waals surface area contributed by atoms with Crippen molar-refractivity contribution >= 4 is 29.0 Å². The van der Waals surface area contributed by atoms with Crippen molar-refractivity contribution in [1.82, 2.24) is 0 Å². The van der Waals surface area contributed by atoms with Gasteiger partial charge in [0.05, 0.1) is 11.7 Å². The average molecular weight is 501 g/mol. The van der Waals surface area contributed by atoms with Crippen LogP contribution in [0.15, 0.2) is 150 Å². The molecule has 0 fully saturated rings. The van der Waals surface area contributed by atoms with Gasteiger partial charge in [-0.2, -0.15) is 0 Å². The smallest absolute Gasteiger partial charge is 0.0621 e. The monoisotopic (exact) mass is 500 g/mol. The number of aryl methyl sites for hydroxylation is 1. The van der Waals surface area contributed by atoms with Gasteiger partial charge in [0.1, 0.15) is 0 Å². The van der Waals surface area contributed by atoms with Gasteiger partial charge in [-0.05, 0) is 47.4 Å². The summed E-state index contributed by atoms with van der Waals surface area (Å²) in [4.78, 5) is 0. The van der Waals surface area contributed by atoms with E-state index in [0.717, 1.165) is 11.4 Å². The topological polar surface area (TPSA) is 24.4 Å². The molecule has 0 radical (unpaired) electrons. The second kappa shape index (κ2) is 11.5. The van der Waals surface area contributed by atoms with Gasteiger partial charge in [0.25, 0.3) is 0 Å². The van der Waals surface area contributed by atoms with Gasteiger partial charge in [-0.15, -0.1) is 0 Å². The Kier molecular flexibility index (Phi) is 7.68. The summed E-state index contributed by atoms with van der Waals surface area (Å²) in [5.74, 6) is 0. The van der Waals surface area contributed by atoms with E-state index in [1.54, 1.807) is 0 Å². The van der Waals surface area contributed by atoms with Crippen LogP contribution >= 0.6 is 7.05 Å². The van der Waals surface area contributed by atoms with Crippen molar-refractivity contribution in [3.8, 4) is 0 Å². The molecule has 5 rings (SSSR count). The molecule has 2 atom stereocenters. The molecule has 0 aliphatic heterocycles. The third kappa shape index (κ3) is 5.45. The predicted molar refractivity (Wildman–Crippen MR) is 161 cm³/mol. The van der Waals surface area contributed by atoms with Crippen LogP contribution in [0.4, 0.5) is 11.4 Å². The molecular weight excluding hydrogens is 467 g/mol. The lowest BCUT2D eigenvalue weighted by Gasteiger charge is -2.38. The fourth-order valence-electron chi connectivity index (χ4n) is 5.00. The summed E-state index contributed by atoms with van der Waals surface area (Å²) in [5, 5.41) is 6.48. The van der Waals surface area contributed by atoms with Crippen LogP contribution in [-0.4, -0.2) is 5.66 Å². The minimum atomic E-state index is -2.32. The number of nitrogens with one attached hydrogen (secondary N) is 1. The number of rotatable bonds is 8. The van der Waals surface area contributed by atoms with Gasteiger partial charge in [-0.25, -0.2) is 0 Å². The zero-order valence-corrected chi connectivity index (χ0v) is 22.3. The first kappa shape index (κ1) is 24.8. The highest BCUT2D eigenvalue weighted by molar-refractivity contribution is 7.81. The normalized spacial score (nSPS) is 12.9. The van der Waals surface area contributed by atoms with Crippen molar-refractivity contribution in [1.29, 1.82) is 0 Å². The van der Waals surface area contributed by atoms with E-state index in [4.69, 9.17) is 4.74 Å². The van der Waals surface area contributed by atoms with Crippen molar-refractivity contribution in [3.63, 3.8) is 0 Å². The quantitative estimate of drug-likeness (QED) is 0.212. The summed E-state index contributed by atoms with van der Waals surface area (Å²) < 4.78 is 5.71. The molecule has 0 bridgehead atoms. The van der Waals surface area contributed by atoms with Gasteiger partial charge < -0.3 is 5.32 Å². The largest absolute Gasteiger partial charge is 0.378 e. The first-order chi connectivity index (χ1) is 18.2. The van der Waals surface area contributed by atoms with Crippen molar-refractivity contribution < 1.29 is 0 Å². The van der Waals surface area contributed by atoms with Crippen LogP contribution in [0.1, 0.15) is 24.1 Å². The van der Waals surface area contributed by atoms with E-state index in [1.807, 2.05) is 0 Å². The fourth-order valence-corrected chi connectivity index (χ4v) is 9.08. The molecule has 0 saturated heterocycles. The molecule has 184 valence electrons. The van der Waals surface area contributed by atoms with Crippen LogP contribution in [-0.2, 0) is 0 Å². The summed E-state index contributed by atoms with van der Waals surface area (Å²) in [6, 6.07) is 51.8. The first-order valence-corrected chi connectivity index (χ1v) is 14.6. The second-order valence-corrected chi connectivity index (χ2v) is 12.8. The maximum atomic E-state index is 5.71. The maximum Gasteiger partial charge on any atom is 0.0621 e. The van der Waals surface area contributed by atoms with Crippen molar-refractivity contribution in [2.45, 2.75) is 25.5 Å². The number of para-hydroxylation sites is 1. The maximum absolute atomic E-state index is 5.71. The van der Waals surface area contributed by atoms with E-state index in [-0.39, 0.29) is 11.7 Å². The molecule has 3 heteroatoms. The van der Waals surface area contributed by atoms with E-state index in [9.17, 15) is 0 Å². The molecule has 0 unspecified atom stereocenters. The van der Waals surface area contributed by atoms with Crippen LogP contribution < -0.4 is 15.9 Å². The van der Waals surface area contributed by atoms with Crippen LogP contribution in [0.2, 0.25) is 0 Å². The molecule has 0 heterocycles. The van der Waals surface area contributed by atoms with Gasteiger partial charge >= 0.3 is 0 Å².